The first-order valence-electron chi connectivity index (χ1n) is 8.83. The van der Waals surface area contributed by atoms with Crippen LogP contribution in [0.2, 0.25) is 0 Å². The largest absolute Gasteiger partial charge is 0.345 e. The van der Waals surface area contributed by atoms with Gasteiger partial charge in [-0.1, -0.05) is 0 Å². The summed E-state index contributed by atoms with van der Waals surface area (Å²) in [5, 5.41) is 3.20. The molecule has 2 aromatic rings. The normalized spacial score (nSPS) is 18.5. The number of amides is 1. The molecule has 1 amide bonds. The molecule has 0 saturated heterocycles. The molecule has 2 heterocycles. The number of nitrogens with zero attached hydrogens (tertiary/aromatic N) is 3. The maximum absolute atomic E-state index is 12.9. The third-order valence-electron chi connectivity index (χ3n) is 5.11. The Morgan fingerprint density at radius 1 is 1.25 bits per heavy atom. The van der Waals surface area contributed by atoms with Gasteiger partial charge in [0.1, 0.15) is 0 Å². The fourth-order valence-corrected chi connectivity index (χ4v) is 3.56. The van der Waals surface area contributed by atoms with Crippen LogP contribution >= 0.6 is 0 Å². The van der Waals surface area contributed by atoms with E-state index in [4.69, 9.17) is 0 Å². The zero-order valence-corrected chi connectivity index (χ0v) is 14.5. The molecule has 5 nitrogen and oxygen atoms in total. The van der Waals surface area contributed by atoms with E-state index in [2.05, 4.69) is 33.7 Å². The average molecular weight is 324 g/mol. The lowest BCUT2D eigenvalue weighted by molar-refractivity contribution is 0.0928. The molecule has 1 N–H and O–H groups in total. The lowest BCUT2D eigenvalue weighted by Gasteiger charge is -2.17. The molecule has 24 heavy (non-hydrogen) atoms. The molecule has 2 fully saturated rings. The van der Waals surface area contributed by atoms with E-state index >= 15 is 0 Å². The van der Waals surface area contributed by atoms with Gasteiger partial charge in [-0.05, 0) is 64.5 Å². The van der Waals surface area contributed by atoms with Gasteiger partial charge in [-0.2, -0.15) is 0 Å². The van der Waals surface area contributed by atoms with Crippen molar-refractivity contribution in [3.05, 3.63) is 46.8 Å². The molecule has 0 aliphatic heterocycles. The number of hydrogen-bond donors (Lipinski definition) is 1. The first kappa shape index (κ1) is 15.4. The van der Waals surface area contributed by atoms with Crippen molar-refractivity contribution in [3.63, 3.8) is 0 Å². The molecule has 126 valence electrons. The quantitative estimate of drug-likeness (QED) is 0.917. The highest BCUT2D eigenvalue weighted by molar-refractivity contribution is 5.96. The van der Waals surface area contributed by atoms with E-state index in [1.54, 1.807) is 6.20 Å². The van der Waals surface area contributed by atoms with Crippen molar-refractivity contribution in [1.29, 1.82) is 0 Å². The molecule has 1 atom stereocenters. The highest BCUT2D eigenvalue weighted by Crippen LogP contribution is 2.41. The number of nitrogens with one attached hydrogen (secondary N) is 1. The van der Waals surface area contributed by atoms with Crippen LogP contribution in [0, 0.1) is 26.7 Å². The Bertz CT molecular complexity index is 787. The van der Waals surface area contributed by atoms with E-state index in [0.29, 0.717) is 12.0 Å². The van der Waals surface area contributed by atoms with Crippen molar-refractivity contribution < 1.29 is 4.79 Å². The minimum absolute atomic E-state index is 0.00277. The summed E-state index contributed by atoms with van der Waals surface area (Å²) in [6, 6.07) is 4.41. The van der Waals surface area contributed by atoms with Crippen molar-refractivity contribution in [2.45, 2.75) is 58.5 Å². The Hall–Kier alpha value is -2.17. The molecular formula is C19H24N4O. The first-order chi connectivity index (χ1) is 11.5. The van der Waals surface area contributed by atoms with Crippen LogP contribution in [0.25, 0.3) is 0 Å². The second-order valence-corrected chi connectivity index (χ2v) is 7.23. The predicted molar refractivity (Wildman–Crippen MR) is 91.9 cm³/mol. The van der Waals surface area contributed by atoms with Crippen molar-refractivity contribution >= 4 is 5.91 Å². The summed E-state index contributed by atoms with van der Waals surface area (Å²) >= 11 is 0. The smallest absolute Gasteiger partial charge is 0.253 e. The molecule has 2 aromatic heterocycles. The van der Waals surface area contributed by atoms with E-state index < -0.39 is 0 Å². The number of aromatic nitrogens is 3. The number of aryl methyl sites for hydroxylation is 2. The molecule has 2 aliphatic rings. The first-order valence-corrected chi connectivity index (χ1v) is 8.83. The molecular weight excluding hydrogens is 300 g/mol. The Kier molecular flexibility index (Phi) is 3.66. The standard InChI is InChI=1S/C19H24N4O/c1-11-8-9-20-18(21-11)17(14-4-5-14)22-19(24)16-10-12(2)23(13(16)3)15-6-7-15/h8-10,14-15,17H,4-7H2,1-3H3,(H,22,24). The molecule has 2 saturated carbocycles. The zero-order chi connectivity index (χ0) is 16.8. The second kappa shape index (κ2) is 5.72. The van der Waals surface area contributed by atoms with E-state index in [1.165, 1.54) is 18.5 Å². The summed E-state index contributed by atoms with van der Waals surface area (Å²) in [7, 11) is 0. The van der Waals surface area contributed by atoms with Crippen LogP contribution in [0.4, 0.5) is 0 Å². The van der Waals surface area contributed by atoms with Crippen molar-refractivity contribution in [2.75, 3.05) is 0 Å². The maximum atomic E-state index is 12.9. The summed E-state index contributed by atoms with van der Waals surface area (Å²) in [6.07, 6.45) is 6.48. The lowest BCUT2D eigenvalue weighted by Crippen LogP contribution is -2.31. The number of carbonyl (C=O) groups excluding carboxylic acids is 1. The van der Waals surface area contributed by atoms with Crippen LogP contribution in [0.3, 0.4) is 0 Å². The molecule has 0 radical (unpaired) electrons. The Morgan fingerprint density at radius 2 is 2.00 bits per heavy atom. The zero-order valence-electron chi connectivity index (χ0n) is 14.5. The van der Waals surface area contributed by atoms with E-state index in [9.17, 15) is 4.79 Å². The second-order valence-electron chi connectivity index (χ2n) is 7.23. The van der Waals surface area contributed by atoms with Gasteiger partial charge in [0.2, 0.25) is 0 Å². The van der Waals surface area contributed by atoms with Gasteiger partial charge in [-0.25, -0.2) is 9.97 Å². The third kappa shape index (κ3) is 2.83. The van der Waals surface area contributed by atoms with Gasteiger partial charge in [0.25, 0.3) is 5.91 Å². The minimum atomic E-state index is -0.0821. The van der Waals surface area contributed by atoms with Crippen molar-refractivity contribution in [3.8, 4) is 0 Å². The number of hydrogen-bond acceptors (Lipinski definition) is 3. The summed E-state index contributed by atoms with van der Waals surface area (Å²) in [5.74, 6) is 1.20. The molecule has 2 aliphatic carbocycles. The SMILES string of the molecule is Cc1ccnc(C(NC(=O)c2cc(C)n(C3CC3)c2C)C2CC2)n1. The molecule has 4 rings (SSSR count). The summed E-state index contributed by atoms with van der Waals surface area (Å²) < 4.78 is 2.31. The van der Waals surface area contributed by atoms with Crippen molar-refractivity contribution in [1.82, 2.24) is 19.9 Å². The molecule has 0 spiro atoms. The van der Waals surface area contributed by atoms with Gasteiger partial charge >= 0.3 is 0 Å². The summed E-state index contributed by atoms with van der Waals surface area (Å²) in [4.78, 5) is 21.8. The number of carbonyl (C=O) groups is 1. The van der Waals surface area contributed by atoms with Crippen LogP contribution in [0.15, 0.2) is 18.3 Å². The van der Waals surface area contributed by atoms with Crippen LogP contribution in [0.5, 0.6) is 0 Å². The van der Waals surface area contributed by atoms with E-state index in [-0.39, 0.29) is 11.9 Å². The van der Waals surface area contributed by atoms with Gasteiger partial charge in [-0.15, -0.1) is 0 Å². The highest BCUT2D eigenvalue weighted by atomic mass is 16.1. The van der Waals surface area contributed by atoms with Crippen LogP contribution < -0.4 is 5.32 Å². The lowest BCUT2D eigenvalue weighted by atomic mass is 10.1. The van der Waals surface area contributed by atoms with Gasteiger partial charge in [0, 0.05) is 29.3 Å². The minimum Gasteiger partial charge on any atom is -0.345 e. The van der Waals surface area contributed by atoms with Crippen LogP contribution in [0.1, 0.15) is 71.0 Å². The topological polar surface area (TPSA) is 59.8 Å². The van der Waals surface area contributed by atoms with E-state index in [0.717, 1.165) is 35.6 Å². The Morgan fingerprint density at radius 3 is 2.62 bits per heavy atom. The molecule has 5 heteroatoms. The molecule has 1 unspecified atom stereocenters. The average Bonchev–Trinajstić information content (AvgIpc) is 3.44. The van der Waals surface area contributed by atoms with Gasteiger partial charge < -0.3 is 9.88 Å². The summed E-state index contributed by atoms with van der Waals surface area (Å²) in [6.45, 7) is 6.10. The van der Waals surface area contributed by atoms with Gasteiger partial charge in [0.05, 0.1) is 11.6 Å². The third-order valence-corrected chi connectivity index (χ3v) is 5.11. The maximum Gasteiger partial charge on any atom is 0.253 e. The van der Waals surface area contributed by atoms with Gasteiger partial charge in [0.15, 0.2) is 5.82 Å². The van der Waals surface area contributed by atoms with Gasteiger partial charge in [-0.3, -0.25) is 4.79 Å². The Labute approximate surface area is 142 Å². The fraction of sp³-hybridized carbons (Fsp3) is 0.526. The van der Waals surface area contributed by atoms with Crippen LogP contribution in [-0.2, 0) is 0 Å². The fourth-order valence-electron chi connectivity index (χ4n) is 3.56. The monoisotopic (exact) mass is 324 g/mol. The predicted octanol–water partition coefficient (Wildman–Crippen LogP) is 3.42. The Balaban J connectivity index is 1.59. The summed E-state index contributed by atoms with van der Waals surface area (Å²) in [5.41, 5.74) is 3.98. The molecule has 0 bridgehead atoms. The highest BCUT2D eigenvalue weighted by Gasteiger charge is 2.36. The molecule has 0 aromatic carbocycles. The van der Waals surface area contributed by atoms with Crippen LogP contribution in [-0.4, -0.2) is 20.4 Å². The van der Waals surface area contributed by atoms with Crippen molar-refractivity contribution in [2.24, 2.45) is 5.92 Å². The van der Waals surface area contributed by atoms with E-state index in [1.807, 2.05) is 19.1 Å². The number of rotatable bonds is 5.